The number of unbranched alkanes of at least 4 members (excludes halogenated alkanes) is 1. The van der Waals surface area contributed by atoms with Gasteiger partial charge < -0.3 is 10.2 Å². The van der Waals surface area contributed by atoms with Gasteiger partial charge in [-0.15, -0.1) is 12.4 Å². The van der Waals surface area contributed by atoms with E-state index in [9.17, 15) is 4.57 Å². The van der Waals surface area contributed by atoms with E-state index >= 15 is 0 Å². The maximum absolute atomic E-state index is 10.2. The smallest absolute Gasteiger partial charge is 0.189 e. The molecule has 0 aromatic rings. The first-order chi connectivity index (χ1) is 5.27. The van der Waals surface area contributed by atoms with Gasteiger partial charge in [-0.1, -0.05) is 13.3 Å². The van der Waals surface area contributed by atoms with Crippen LogP contribution < -0.4 is 5.32 Å². The average Bonchev–Trinajstić information content (AvgIpc) is 1.96. The van der Waals surface area contributed by atoms with Gasteiger partial charge in [-0.25, -0.2) is 0 Å². The maximum atomic E-state index is 10.2. The molecule has 1 atom stereocenters. The van der Waals surface area contributed by atoms with E-state index in [4.69, 9.17) is 4.89 Å². The van der Waals surface area contributed by atoms with Gasteiger partial charge in [-0.05, 0) is 25.9 Å². The second-order valence-corrected chi connectivity index (χ2v) is 3.89. The van der Waals surface area contributed by atoms with Crippen molar-refractivity contribution in [1.29, 1.82) is 0 Å². The van der Waals surface area contributed by atoms with Crippen molar-refractivity contribution in [3.63, 3.8) is 0 Å². The average molecular weight is 216 g/mol. The van der Waals surface area contributed by atoms with E-state index in [0.29, 0.717) is 6.16 Å². The summed E-state index contributed by atoms with van der Waals surface area (Å²) < 4.78 is 10.2. The van der Waals surface area contributed by atoms with Crippen LogP contribution in [0.1, 0.15) is 26.2 Å². The molecule has 0 heterocycles. The number of rotatable bonds is 7. The monoisotopic (exact) mass is 215 g/mol. The normalized spacial score (nSPS) is 12.2. The number of hydrogen-bond acceptors (Lipinski definition) is 2. The molecule has 2 N–H and O–H groups in total. The van der Waals surface area contributed by atoms with Gasteiger partial charge in [-0.3, -0.25) is 4.57 Å². The van der Waals surface area contributed by atoms with Gasteiger partial charge in [0.2, 0.25) is 0 Å². The van der Waals surface area contributed by atoms with Crippen molar-refractivity contribution in [2.75, 3.05) is 19.3 Å². The molecule has 0 saturated heterocycles. The zero-order valence-electron chi connectivity index (χ0n) is 7.51. The summed E-state index contributed by atoms with van der Waals surface area (Å²) in [7, 11) is -2.22. The second-order valence-electron chi connectivity index (χ2n) is 2.60. The molecule has 0 amide bonds. The molecule has 0 aromatic carbocycles. The molecule has 0 aliphatic rings. The molecule has 3 nitrogen and oxygen atoms in total. The summed E-state index contributed by atoms with van der Waals surface area (Å²) in [6.07, 6.45) is 3.67. The van der Waals surface area contributed by atoms with Gasteiger partial charge >= 0.3 is 0 Å². The van der Waals surface area contributed by atoms with Crippen LogP contribution in [0, 0.1) is 0 Å². The van der Waals surface area contributed by atoms with Gasteiger partial charge in [0.1, 0.15) is 0 Å². The van der Waals surface area contributed by atoms with E-state index in [1.165, 1.54) is 12.8 Å². The summed E-state index contributed by atoms with van der Waals surface area (Å²) >= 11 is 0. The largest absolute Gasteiger partial charge is 0.346 e. The Morgan fingerprint density at radius 3 is 2.42 bits per heavy atom. The summed E-state index contributed by atoms with van der Waals surface area (Å²) in [5.41, 5.74) is 0. The Morgan fingerprint density at radius 1 is 1.33 bits per heavy atom. The van der Waals surface area contributed by atoms with Crippen molar-refractivity contribution < 1.29 is 9.46 Å². The quantitative estimate of drug-likeness (QED) is 0.502. The Labute approximate surface area is 81.2 Å². The van der Waals surface area contributed by atoms with Crippen molar-refractivity contribution in [3.05, 3.63) is 0 Å². The highest BCUT2D eigenvalue weighted by Crippen LogP contribution is 2.12. The molecule has 0 saturated carbocycles. The Bertz CT molecular complexity index is 114. The van der Waals surface area contributed by atoms with E-state index < -0.39 is 8.03 Å². The first kappa shape index (κ1) is 14.9. The summed E-state index contributed by atoms with van der Waals surface area (Å²) in [5.74, 6) is 0. The third kappa shape index (κ3) is 13.1. The first-order valence-electron chi connectivity index (χ1n) is 4.20. The van der Waals surface area contributed by atoms with E-state index in [2.05, 4.69) is 12.2 Å². The Morgan fingerprint density at radius 2 is 1.92 bits per heavy atom. The minimum atomic E-state index is -2.22. The van der Waals surface area contributed by atoms with Crippen LogP contribution in [0.2, 0.25) is 0 Å². The number of nitrogens with one attached hydrogen (secondary N) is 1. The number of halogens is 1. The number of hydrogen-bond donors (Lipinski definition) is 2. The van der Waals surface area contributed by atoms with Crippen LogP contribution in [0.4, 0.5) is 0 Å². The minimum absolute atomic E-state index is 0. The van der Waals surface area contributed by atoms with Gasteiger partial charge in [0, 0.05) is 6.16 Å². The fourth-order valence-corrected chi connectivity index (χ4v) is 1.27. The minimum Gasteiger partial charge on any atom is -0.346 e. The predicted molar refractivity (Wildman–Crippen MR) is 55.7 cm³/mol. The van der Waals surface area contributed by atoms with Gasteiger partial charge in [-0.2, -0.15) is 0 Å². The van der Waals surface area contributed by atoms with Crippen LogP contribution in [-0.2, 0) is 4.57 Å². The van der Waals surface area contributed by atoms with Crippen LogP contribution >= 0.6 is 20.4 Å². The molecule has 0 bridgehead atoms. The molecule has 0 aliphatic carbocycles. The molecule has 0 aliphatic heterocycles. The lowest BCUT2D eigenvalue weighted by Gasteiger charge is -2.01. The van der Waals surface area contributed by atoms with Gasteiger partial charge in [0.05, 0.1) is 0 Å². The van der Waals surface area contributed by atoms with Gasteiger partial charge in [0.25, 0.3) is 0 Å². The SMILES string of the molecule is CCCCNCCC[PH](=O)O.Cl. The molecule has 0 fully saturated rings. The van der Waals surface area contributed by atoms with E-state index in [1.807, 2.05) is 0 Å². The van der Waals surface area contributed by atoms with Crippen LogP contribution in [-0.4, -0.2) is 24.1 Å². The van der Waals surface area contributed by atoms with Crippen molar-refractivity contribution in [2.45, 2.75) is 26.2 Å². The molecule has 0 aromatic heterocycles. The molecular weight excluding hydrogens is 197 g/mol. The fourth-order valence-electron chi connectivity index (χ4n) is 0.791. The van der Waals surface area contributed by atoms with E-state index in [0.717, 1.165) is 19.5 Å². The standard InChI is InChI=1S/C7H18NO2P.ClH/c1-2-3-5-8-6-4-7-11(9)10;/h8,11H,2-7H2,1H3,(H,9,10);1H. The fraction of sp³-hybridized carbons (Fsp3) is 1.00. The molecule has 1 unspecified atom stereocenters. The highest BCUT2D eigenvalue weighted by atomic mass is 35.5. The Kier molecular flexibility index (Phi) is 14.2. The van der Waals surface area contributed by atoms with Gasteiger partial charge in [0.15, 0.2) is 8.03 Å². The third-order valence-corrected chi connectivity index (χ3v) is 2.23. The highest BCUT2D eigenvalue weighted by molar-refractivity contribution is 7.37. The molecule has 76 valence electrons. The molecule has 0 rings (SSSR count). The summed E-state index contributed by atoms with van der Waals surface area (Å²) in [6, 6.07) is 0. The predicted octanol–water partition coefficient (Wildman–Crippen LogP) is 1.66. The van der Waals surface area contributed by atoms with Crippen molar-refractivity contribution >= 4 is 20.4 Å². The first-order valence-corrected chi connectivity index (χ1v) is 5.76. The van der Waals surface area contributed by atoms with Crippen LogP contribution in [0.15, 0.2) is 0 Å². The second kappa shape index (κ2) is 11.4. The van der Waals surface area contributed by atoms with Crippen molar-refractivity contribution in [1.82, 2.24) is 5.32 Å². The zero-order valence-corrected chi connectivity index (χ0v) is 9.32. The van der Waals surface area contributed by atoms with Crippen molar-refractivity contribution in [3.8, 4) is 0 Å². The summed E-state index contributed by atoms with van der Waals surface area (Å²) in [5, 5.41) is 3.21. The third-order valence-electron chi connectivity index (χ3n) is 1.45. The van der Waals surface area contributed by atoms with E-state index in [1.54, 1.807) is 0 Å². The Hall–Kier alpha value is 0.440. The lowest BCUT2D eigenvalue weighted by Crippen LogP contribution is -2.16. The molecule has 5 heteroatoms. The molecular formula is C7H19ClNO2P. The van der Waals surface area contributed by atoms with Crippen LogP contribution in [0.25, 0.3) is 0 Å². The maximum Gasteiger partial charge on any atom is 0.189 e. The zero-order chi connectivity index (χ0) is 8.53. The van der Waals surface area contributed by atoms with Crippen LogP contribution in [0.5, 0.6) is 0 Å². The molecule has 12 heavy (non-hydrogen) atoms. The lowest BCUT2D eigenvalue weighted by molar-refractivity contribution is 0.499. The lowest BCUT2D eigenvalue weighted by atomic mass is 10.3. The highest BCUT2D eigenvalue weighted by Gasteiger charge is 1.91. The van der Waals surface area contributed by atoms with E-state index in [-0.39, 0.29) is 12.4 Å². The Balaban J connectivity index is 0. The van der Waals surface area contributed by atoms with Crippen molar-refractivity contribution in [2.24, 2.45) is 0 Å². The van der Waals surface area contributed by atoms with Crippen LogP contribution in [0.3, 0.4) is 0 Å². The summed E-state index contributed by atoms with van der Waals surface area (Å²) in [6.45, 7) is 4.05. The summed E-state index contributed by atoms with van der Waals surface area (Å²) in [4.78, 5) is 8.47. The topological polar surface area (TPSA) is 49.3 Å². The molecule has 0 spiro atoms. The molecule has 0 radical (unpaired) electrons.